The smallest absolute Gasteiger partial charge is 0.319 e. The minimum Gasteiger partial charge on any atom is -0.462 e. The van der Waals surface area contributed by atoms with Gasteiger partial charge in [-0.05, 0) is 63.2 Å². The van der Waals surface area contributed by atoms with Crippen LogP contribution in [-0.4, -0.2) is 77.7 Å². The molecular formula is C29H33FN6O3. The SMILES string of the molecule is CN1CCC[C@H]1COc1nc(N2C[C@H]3CC[C@@H](C2)N3)c2cnc(-c3cccc4c3CCC4OC=O)c(F)c2n1. The Bertz CT molecular complexity index is 1410. The molecule has 1 aliphatic carbocycles. The summed E-state index contributed by atoms with van der Waals surface area (Å²) in [5.41, 5.74) is 3.05. The third kappa shape index (κ3) is 4.39. The number of fused-ring (bicyclic) bond motifs is 4. The second-order valence-electron chi connectivity index (χ2n) is 11.3. The summed E-state index contributed by atoms with van der Waals surface area (Å²) in [6, 6.07) is 6.98. The van der Waals surface area contributed by atoms with Gasteiger partial charge in [0.15, 0.2) is 5.82 Å². The first-order valence-corrected chi connectivity index (χ1v) is 14.0. The molecule has 7 rings (SSSR count). The highest BCUT2D eigenvalue weighted by Gasteiger charge is 2.35. The van der Waals surface area contributed by atoms with Crippen molar-refractivity contribution in [3.63, 3.8) is 0 Å². The van der Waals surface area contributed by atoms with E-state index in [1.807, 2.05) is 18.2 Å². The van der Waals surface area contributed by atoms with Crippen LogP contribution in [0.2, 0.25) is 0 Å². The highest BCUT2D eigenvalue weighted by molar-refractivity contribution is 5.92. The number of likely N-dealkylation sites (N-methyl/N-ethyl adjacent to an activating group) is 1. The lowest BCUT2D eigenvalue weighted by Crippen LogP contribution is -2.51. The van der Waals surface area contributed by atoms with Gasteiger partial charge in [-0.2, -0.15) is 9.97 Å². The van der Waals surface area contributed by atoms with Crippen molar-refractivity contribution in [1.82, 2.24) is 25.2 Å². The topological polar surface area (TPSA) is 92.7 Å². The quantitative estimate of drug-likeness (QED) is 0.460. The Morgan fingerprint density at radius 3 is 2.77 bits per heavy atom. The Hall–Kier alpha value is -3.37. The van der Waals surface area contributed by atoms with Crippen molar-refractivity contribution in [2.24, 2.45) is 0 Å². The van der Waals surface area contributed by atoms with Crippen LogP contribution in [0.4, 0.5) is 10.2 Å². The molecule has 2 bridgehead atoms. The van der Waals surface area contributed by atoms with Gasteiger partial charge >= 0.3 is 6.01 Å². The van der Waals surface area contributed by atoms with E-state index in [0.29, 0.717) is 60.8 Å². The molecule has 1 unspecified atom stereocenters. The number of hydrogen-bond acceptors (Lipinski definition) is 9. The van der Waals surface area contributed by atoms with Gasteiger partial charge in [-0.25, -0.2) is 4.39 Å². The van der Waals surface area contributed by atoms with Gasteiger partial charge < -0.3 is 24.6 Å². The van der Waals surface area contributed by atoms with E-state index >= 15 is 4.39 Å². The van der Waals surface area contributed by atoms with Crippen molar-refractivity contribution < 1.29 is 18.7 Å². The highest BCUT2D eigenvalue weighted by Crippen LogP contribution is 2.41. The maximum absolute atomic E-state index is 16.4. The molecule has 1 N–H and O–H groups in total. The molecule has 3 fully saturated rings. The maximum atomic E-state index is 16.4. The highest BCUT2D eigenvalue weighted by atomic mass is 19.1. The minimum atomic E-state index is -0.481. The van der Waals surface area contributed by atoms with Gasteiger partial charge in [0.2, 0.25) is 0 Å². The van der Waals surface area contributed by atoms with Crippen molar-refractivity contribution in [3.05, 3.63) is 41.3 Å². The lowest BCUT2D eigenvalue weighted by atomic mass is 9.99. The number of carbonyl (C=O) groups excluding carboxylic acids is 1. The molecule has 0 radical (unpaired) electrons. The standard InChI is InChI=1S/C29H33FN6O3/c1-35-11-3-4-19(35)15-38-29-33-27-23(28(34-29)36-13-17-7-8-18(14-36)32-17)12-31-26(25(27)30)22-6-2-5-21-20(22)9-10-24(21)39-16-37/h2,5-6,12,16-19,24,32H,3-4,7-11,13-15H2,1H3/t17-,18+,19-,24?/m0/s1. The average Bonchev–Trinajstić information content (AvgIpc) is 3.65. The summed E-state index contributed by atoms with van der Waals surface area (Å²) in [5, 5.41) is 4.25. The molecule has 1 aromatic carbocycles. The number of rotatable bonds is 7. The second-order valence-corrected chi connectivity index (χ2v) is 11.3. The average molecular weight is 533 g/mol. The lowest BCUT2D eigenvalue weighted by molar-refractivity contribution is -0.133. The fraction of sp³-hybridized carbons (Fsp3) is 0.517. The van der Waals surface area contributed by atoms with Gasteiger partial charge in [0.25, 0.3) is 6.47 Å². The number of nitrogens with zero attached hydrogens (tertiary/aromatic N) is 5. The number of halogens is 1. The molecule has 4 aliphatic rings. The zero-order valence-corrected chi connectivity index (χ0v) is 22.1. The van der Waals surface area contributed by atoms with Gasteiger partial charge in [-0.15, -0.1) is 0 Å². The first-order valence-electron chi connectivity index (χ1n) is 14.0. The molecule has 3 aromatic rings. The molecular weight excluding hydrogens is 499 g/mol. The summed E-state index contributed by atoms with van der Waals surface area (Å²) < 4.78 is 27.8. The number of benzene rings is 1. The summed E-state index contributed by atoms with van der Waals surface area (Å²) in [5.74, 6) is 0.203. The largest absolute Gasteiger partial charge is 0.462 e. The van der Waals surface area contributed by atoms with Gasteiger partial charge in [0, 0.05) is 43.0 Å². The van der Waals surface area contributed by atoms with Crippen LogP contribution in [0.3, 0.4) is 0 Å². The van der Waals surface area contributed by atoms with E-state index in [9.17, 15) is 4.79 Å². The van der Waals surface area contributed by atoms with Gasteiger partial charge in [0.1, 0.15) is 29.7 Å². The summed E-state index contributed by atoms with van der Waals surface area (Å²) in [4.78, 5) is 29.6. The zero-order valence-electron chi connectivity index (χ0n) is 22.1. The first kappa shape index (κ1) is 24.7. The van der Waals surface area contributed by atoms with Crippen molar-refractivity contribution in [2.45, 2.75) is 62.8 Å². The number of nitrogens with one attached hydrogen (secondary N) is 1. The van der Waals surface area contributed by atoms with Crippen LogP contribution in [0, 0.1) is 5.82 Å². The van der Waals surface area contributed by atoms with Crippen molar-refractivity contribution in [1.29, 1.82) is 0 Å². The number of piperazine rings is 1. The Kier molecular flexibility index (Phi) is 6.31. The van der Waals surface area contributed by atoms with E-state index in [1.165, 1.54) is 0 Å². The molecule has 0 saturated carbocycles. The second kappa shape index (κ2) is 9.98. The summed E-state index contributed by atoms with van der Waals surface area (Å²) in [7, 11) is 2.10. The maximum Gasteiger partial charge on any atom is 0.319 e. The third-order valence-corrected chi connectivity index (χ3v) is 8.93. The van der Waals surface area contributed by atoms with Crippen LogP contribution in [0.5, 0.6) is 6.01 Å². The molecule has 2 aromatic heterocycles. The van der Waals surface area contributed by atoms with Gasteiger partial charge in [-0.3, -0.25) is 9.78 Å². The molecule has 204 valence electrons. The van der Waals surface area contributed by atoms with Crippen molar-refractivity contribution >= 4 is 23.2 Å². The summed E-state index contributed by atoms with van der Waals surface area (Å²) >= 11 is 0. The molecule has 4 atom stereocenters. The predicted molar refractivity (Wildman–Crippen MR) is 144 cm³/mol. The number of aromatic nitrogens is 3. The van der Waals surface area contributed by atoms with E-state index in [-0.39, 0.29) is 23.3 Å². The van der Waals surface area contributed by atoms with Crippen molar-refractivity contribution in [2.75, 3.05) is 38.2 Å². The number of hydrogen-bond donors (Lipinski definition) is 1. The molecule has 5 heterocycles. The van der Waals surface area contributed by atoms with Gasteiger partial charge in [0.05, 0.1) is 5.39 Å². The summed E-state index contributed by atoms with van der Waals surface area (Å²) in [6.45, 7) is 3.61. The normalized spacial score (nSPS) is 26.3. The van der Waals surface area contributed by atoms with E-state index < -0.39 is 5.82 Å². The van der Waals surface area contributed by atoms with E-state index in [2.05, 4.69) is 32.1 Å². The van der Waals surface area contributed by atoms with Crippen LogP contribution < -0.4 is 15.0 Å². The van der Waals surface area contributed by atoms with E-state index in [4.69, 9.17) is 14.5 Å². The fourth-order valence-corrected chi connectivity index (χ4v) is 6.89. The Balaban J connectivity index is 1.31. The van der Waals surface area contributed by atoms with E-state index in [0.717, 1.165) is 56.4 Å². The van der Waals surface area contributed by atoms with Gasteiger partial charge in [-0.1, -0.05) is 18.2 Å². The van der Waals surface area contributed by atoms with Crippen LogP contribution in [-0.2, 0) is 16.0 Å². The van der Waals surface area contributed by atoms with Crippen molar-refractivity contribution in [3.8, 4) is 17.3 Å². The molecule has 39 heavy (non-hydrogen) atoms. The molecule has 3 saturated heterocycles. The fourth-order valence-electron chi connectivity index (χ4n) is 6.89. The van der Waals surface area contributed by atoms with Crippen LogP contribution in [0.25, 0.3) is 22.2 Å². The lowest BCUT2D eigenvalue weighted by Gasteiger charge is -2.34. The monoisotopic (exact) mass is 532 g/mol. The zero-order chi connectivity index (χ0) is 26.5. The molecule has 0 spiro atoms. The number of carbonyl (C=O) groups is 1. The summed E-state index contributed by atoms with van der Waals surface area (Å²) in [6.07, 6.45) is 7.22. The number of anilines is 1. The Morgan fingerprint density at radius 2 is 2.00 bits per heavy atom. The van der Waals surface area contributed by atoms with Crippen LogP contribution in [0.1, 0.15) is 49.3 Å². The Labute approximate surface area is 226 Å². The predicted octanol–water partition coefficient (Wildman–Crippen LogP) is 3.40. The van der Waals surface area contributed by atoms with E-state index in [1.54, 1.807) is 6.20 Å². The van der Waals surface area contributed by atoms with Crippen LogP contribution >= 0.6 is 0 Å². The third-order valence-electron chi connectivity index (χ3n) is 8.93. The number of pyridine rings is 1. The molecule has 0 amide bonds. The number of likely N-dealkylation sites (tertiary alicyclic amines) is 1. The van der Waals surface area contributed by atoms with Crippen LogP contribution in [0.15, 0.2) is 24.4 Å². The Morgan fingerprint density at radius 1 is 1.15 bits per heavy atom. The molecule has 3 aliphatic heterocycles. The first-order chi connectivity index (χ1) is 19.1. The molecule has 9 nitrogen and oxygen atoms in total. The number of ether oxygens (including phenoxy) is 2. The minimum absolute atomic E-state index is 0.206. The molecule has 10 heteroatoms.